The van der Waals surface area contributed by atoms with Crippen LogP contribution >= 0.6 is 0 Å². The van der Waals surface area contributed by atoms with Crippen molar-refractivity contribution in [2.24, 2.45) is 0 Å². The lowest BCUT2D eigenvalue weighted by molar-refractivity contribution is 0.875. The van der Waals surface area contributed by atoms with E-state index in [9.17, 15) is 0 Å². The zero-order valence-corrected chi connectivity index (χ0v) is 9.33. The van der Waals surface area contributed by atoms with Crippen molar-refractivity contribution in [3.63, 3.8) is 0 Å². The second-order valence-electron chi connectivity index (χ2n) is 4.01. The molecule has 0 aromatic carbocycles. The van der Waals surface area contributed by atoms with Crippen LogP contribution in [0.25, 0.3) is 0 Å². The van der Waals surface area contributed by atoms with Crippen molar-refractivity contribution in [1.29, 1.82) is 0 Å². The molecule has 2 N–H and O–H groups in total. The van der Waals surface area contributed by atoms with E-state index in [1.165, 1.54) is 0 Å². The lowest BCUT2D eigenvalue weighted by Gasteiger charge is -2.12. The highest BCUT2D eigenvalue weighted by atomic mass is 15.1. The minimum absolute atomic E-state index is 0.414. The Kier molecular flexibility index (Phi) is 3.74. The van der Waals surface area contributed by atoms with Crippen LogP contribution in [0.2, 0.25) is 0 Å². The Morgan fingerprint density at radius 3 is 1.71 bits per heavy atom. The van der Waals surface area contributed by atoms with Crippen LogP contribution < -0.4 is 10.6 Å². The lowest BCUT2D eigenvalue weighted by Crippen LogP contribution is -2.14. The van der Waals surface area contributed by atoms with E-state index in [0.29, 0.717) is 12.1 Å². The van der Waals surface area contributed by atoms with E-state index in [4.69, 9.17) is 0 Å². The fourth-order valence-electron chi connectivity index (χ4n) is 1.19. The van der Waals surface area contributed by atoms with Crippen molar-refractivity contribution >= 4 is 11.6 Å². The first-order valence-corrected chi connectivity index (χ1v) is 5.08. The van der Waals surface area contributed by atoms with Crippen molar-refractivity contribution < 1.29 is 0 Å². The molecule has 78 valence electrons. The van der Waals surface area contributed by atoms with Gasteiger partial charge in [-0.1, -0.05) is 6.07 Å². The second kappa shape index (κ2) is 4.84. The summed E-state index contributed by atoms with van der Waals surface area (Å²) in [5.74, 6) is 1.84. The summed E-state index contributed by atoms with van der Waals surface area (Å²) in [7, 11) is 0. The molecule has 0 unspecified atom stereocenters. The van der Waals surface area contributed by atoms with Crippen LogP contribution in [0.5, 0.6) is 0 Å². The van der Waals surface area contributed by atoms with Gasteiger partial charge in [-0.25, -0.2) is 4.98 Å². The van der Waals surface area contributed by atoms with Crippen LogP contribution in [-0.2, 0) is 0 Å². The van der Waals surface area contributed by atoms with Gasteiger partial charge >= 0.3 is 0 Å². The van der Waals surface area contributed by atoms with E-state index >= 15 is 0 Å². The van der Waals surface area contributed by atoms with E-state index in [2.05, 4.69) is 43.3 Å². The highest BCUT2D eigenvalue weighted by Crippen LogP contribution is 2.10. The molecule has 0 aliphatic heterocycles. The average molecular weight is 193 g/mol. The Bertz CT molecular complexity index is 256. The van der Waals surface area contributed by atoms with Crippen LogP contribution in [0.3, 0.4) is 0 Å². The molecule has 0 aliphatic rings. The number of pyridine rings is 1. The standard InChI is InChI=1S/C11H19N3/c1-8(2)12-10-6-5-7-11(14-10)13-9(3)4/h5-9H,1-4H3,(H2,12,13,14). The first-order chi connectivity index (χ1) is 6.58. The van der Waals surface area contributed by atoms with Crippen molar-refractivity contribution in [3.05, 3.63) is 18.2 Å². The third-order valence-electron chi connectivity index (χ3n) is 1.62. The van der Waals surface area contributed by atoms with Gasteiger partial charge in [-0.05, 0) is 39.8 Å². The molecule has 1 rings (SSSR count). The van der Waals surface area contributed by atoms with E-state index in [1.807, 2.05) is 18.2 Å². The van der Waals surface area contributed by atoms with Crippen LogP contribution in [0.4, 0.5) is 11.6 Å². The highest BCUT2D eigenvalue weighted by molar-refractivity contribution is 5.45. The summed E-state index contributed by atoms with van der Waals surface area (Å²) in [6.45, 7) is 8.41. The van der Waals surface area contributed by atoms with Crippen LogP contribution in [0.1, 0.15) is 27.7 Å². The molecule has 0 saturated carbocycles. The molecule has 3 nitrogen and oxygen atoms in total. The van der Waals surface area contributed by atoms with Crippen molar-refractivity contribution in [2.75, 3.05) is 10.6 Å². The Labute approximate surface area is 85.9 Å². The molecule has 1 heterocycles. The van der Waals surface area contributed by atoms with E-state index in [-0.39, 0.29) is 0 Å². The molecule has 0 fully saturated rings. The van der Waals surface area contributed by atoms with Gasteiger partial charge in [0.05, 0.1) is 0 Å². The molecular formula is C11H19N3. The number of rotatable bonds is 4. The Balaban J connectivity index is 2.68. The summed E-state index contributed by atoms with van der Waals surface area (Å²) in [5.41, 5.74) is 0. The van der Waals surface area contributed by atoms with E-state index in [0.717, 1.165) is 11.6 Å². The molecule has 0 aliphatic carbocycles. The van der Waals surface area contributed by atoms with E-state index in [1.54, 1.807) is 0 Å². The number of nitrogens with zero attached hydrogens (tertiary/aromatic N) is 1. The van der Waals surface area contributed by atoms with Gasteiger partial charge in [0, 0.05) is 12.1 Å². The van der Waals surface area contributed by atoms with Gasteiger partial charge < -0.3 is 10.6 Å². The summed E-state index contributed by atoms with van der Waals surface area (Å²) >= 11 is 0. The fourth-order valence-corrected chi connectivity index (χ4v) is 1.19. The molecule has 1 aromatic heterocycles. The Morgan fingerprint density at radius 2 is 1.36 bits per heavy atom. The molecule has 3 heteroatoms. The van der Waals surface area contributed by atoms with Gasteiger partial charge in [-0.15, -0.1) is 0 Å². The maximum Gasteiger partial charge on any atom is 0.128 e. The summed E-state index contributed by atoms with van der Waals surface area (Å²) in [5, 5.41) is 6.53. The monoisotopic (exact) mass is 193 g/mol. The van der Waals surface area contributed by atoms with Gasteiger partial charge in [-0.3, -0.25) is 0 Å². The van der Waals surface area contributed by atoms with Gasteiger partial charge in [0.1, 0.15) is 11.6 Å². The number of hydrogen-bond acceptors (Lipinski definition) is 3. The predicted molar refractivity (Wildman–Crippen MR) is 61.8 cm³/mol. The fraction of sp³-hybridized carbons (Fsp3) is 0.545. The third-order valence-corrected chi connectivity index (χ3v) is 1.62. The molecule has 0 amide bonds. The first-order valence-electron chi connectivity index (χ1n) is 5.08. The molecule has 0 saturated heterocycles. The van der Waals surface area contributed by atoms with Crippen LogP contribution in [-0.4, -0.2) is 17.1 Å². The summed E-state index contributed by atoms with van der Waals surface area (Å²) in [4.78, 5) is 4.43. The largest absolute Gasteiger partial charge is 0.368 e. The SMILES string of the molecule is CC(C)Nc1cccc(NC(C)C)n1. The number of hydrogen-bond donors (Lipinski definition) is 2. The third kappa shape index (κ3) is 3.64. The van der Waals surface area contributed by atoms with Crippen molar-refractivity contribution in [3.8, 4) is 0 Å². The smallest absolute Gasteiger partial charge is 0.128 e. The number of aromatic nitrogens is 1. The molecule has 0 spiro atoms. The van der Waals surface area contributed by atoms with Crippen molar-refractivity contribution in [1.82, 2.24) is 4.98 Å². The minimum atomic E-state index is 0.414. The summed E-state index contributed by atoms with van der Waals surface area (Å²) in [6, 6.07) is 6.79. The number of anilines is 2. The molecule has 1 aromatic rings. The van der Waals surface area contributed by atoms with Gasteiger partial charge in [0.15, 0.2) is 0 Å². The van der Waals surface area contributed by atoms with Crippen LogP contribution in [0, 0.1) is 0 Å². The molecule has 0 atom stereocenters. The van der Waals surface area contributed by atoms with E-state index < -0.39 is 0 Å². The maximum absolute atomic E-state index is 4.43. The normalized spacial score (nSPS) is 10.7. The van der Waals surface area contributed by atoms with Crippen molar-refractivity contribution in [2.45, 2.75) is 39.8 Å². The highest BCUT2D eigenvalue weighted by Gasteiger charge is 1.99. The molecular weight excluding hydrogens is 174 g/mol. The number of nitrogens with one attached hydrogen (secondary N) is 2. The molecule has 0 radical (unpaired) electrons. The Morgan fingerprint density at radius 1 is 0.929 bits per heavy atom. The average Bonchev–Trinajstić information content (AvgIpc) is 2.01. The Hall–Kier alpha value is -1.25. The lowest BCUT2D eigenvalue weighted by atomic mass is 10.3. The van der Waals surface area contributed by atoms with Gasteiger partial charge in [0.2, 0.25) is 0 Å². The molecule has 14 heavy (non-hydrogen) atoms. The second-order valence-corrected chi connectivity index (χ2v) is 4.01. The molecule has 0 bridgehead atoms. The minimum Gasteiger partial charge on any atom is -0.368 e. The zero-order chi connectivity index (χ0) is 10.6. The maximum atomic E-state index is 4.43. The zero-order valence-electron chi connectivity index (χ0n) is 9.33. The predicted octanol–water partition coefficient (Wildman–Crippen LogP) is 2.72. The summed E-state index contributed by atoms with van der Waals surface area (Å²) < 4.78 is 0. The first kappa shape index (κ1) is 10.8. The van der Waals surface area contributed by atoms with Gasteiger partial charge in [0.25, 0.3) is 0 Å². The van der Waals surface area contributed by atoms with Crippen LogP contribution in [0.15, 0.2) is 18.2 Å². The topological polar surface area (TPSA) is 37.0 Å². The van der Waals surface area contributed by atoms with Gasteiger partial charge in [-0.2, -0.15) is 0 Å². The summed E-state index contributed by atoms with van der Waals surface area (Å²) in [6.07, 6.45) is 0. The quantitative estimate of drug-likeness (QED) is 0.772.